The molecular formula is C22H20ClN3O2S. The quantitative estimate of drug-likeness (QED) is 0.534. The van der Waals surface area contributed by atoms with E-state index >= 15 is 0 Å². The molecule has 5 nitrogen and oxygen atoms in total. The molecule has 0 aliphatic rings. The molecule has 2 aromatic carbocycles. The Morgan fingerprint density at radius 3 is 2.55 bits per heavy atom. The van der Waals surface area contributed by atoms with Crippen LogP contribution in [0.1, 0.15) is 22.8 Å². The van der Waals surface area contributed by atoms with Crippen molar-refractivity contribution in [2.45, 2.75) is 23.6 Å². The van der Waals surface area contributed by atoms with Gasteiger partial charge in [0.25, 0.3) is 5.91 Å². The van der Waals surface area contributed by atoms with Crippen LogP contribution < -0.4 is 10.6 Å². The predicted molar refractivity (Wildman–Crippen MR) is 117 cm³/mol. The Labute approximate surface area is 178 Å². The van der Waals surface area contributed by atoms with Crippen LogP contribution in [0.4, 0.5) is 5.69 Å². The van der Waals surface area contributed by atoms with E-state index in [0.717, 1.165) is 10.5 Å². The number of nitrogens with one attached hydrogen (secondary N) is 2. The van der Waals surface area contributed by atoms with Crippen LogP contribution in [0, 0.1) is 0 Å². The molecule has 2 amide bonds. The van der Waals surface area contributed by atoms with Gasteiger partial charge < -0.3 is 10.6 Å². The van der Waals surface area contributed by atoms with Gasteiger partial charge in [-0.05, 0) is 55.0 Å². The van der Waals surface area contributed by atoms with Gasteiger partial charge >= 0.3 is 0 Å². The van der Waals surface area contributed by atoms with E-state index in [0.29, 0.717) is 22.8 Å². The first-order valence-electron chi connectivity index (χ1n) is 9.02. The second-order valence-electron chi connectivity index (χ2n) is 6.29. The number of rotatable bonds is 7. The number of nitrogens with zero attached hydrogens (tertiary/aromatic N) is 1. The SMILES string of the molecule is C[C@H](Sc1ccc(Cl)cc1)C(=O)Nc1ccccc1C(=O)NCc1cccnc1. The molecule has 1 atom stereocenters. The molecule has 7 heteroatoms. The van der Waals surface area contributed by atoms with Crippen molar-refractivity contribution >= 4 is 40.9 Å². The van der Waals surface area contributed by atoms with Crippen molar-refractivity contribution in [3.05, 3.63) is 89.2 Å². The number of para-hydroxylation sites is 1. The summed E-state index contributed by atoms with van der Waals surface area (Å²) in [5.74, 6) is -0.444. The van der Waals surface area contributed by atoms with Gasteiger partial charge in [-0.15, -0.1) is 11.8 Å². The Bertz CT molecular complexity index is 981. The Kier molecular flexibility index (Phi) is 7.27. The number of hydrogen-bond acceptors (Lipinski definition) is 4. The molecule has 29 heavy (non-hydrogen) atoms. The Morgan fingerprint density at radius 1 is 1.07 bits per heavy atom. The van der Waals surface area contributed by atoms with Gasteiger partial charge in [0.15, 0.2) is 0 Å². The highest BCUT2D eigenvalue weighted by Gasteiger charge is 2.18. The summed E-state index contributed by atoms with van der Waals surface area (Å²) in [7, 11) is 0. The van der Waals surface area contributed by atoms with E-state index in [9.17, 15) is 9.59 Å². The predicted octanol–water partition coefficient (Wildman–Crippen LogP) is 4.78. The Morgan fingerprint density at radius 2 is 1.83 bits per heavy atom. The molecule has 0 aliphatic carbocycles. The topological polar surface area (TPSA) is 71.1 Å². The molecule has 0 aliphatic heterocycles. The van der Waals surface area contributed by atoms with Crippen molar-refractivity contribution in [1.29, 1.82) is 0 Å². The maximum Gasteiger partial charge on any atom is 0.253 e. The van der Waals surface area contributed by atoms with E-state index in [2.05, 4.69) is 15.6 Å². The van der Waals surface area contributed by atoms with E-state index in [1.54, 1.807) is 48.8 Å². The van der Waals surface area contributed by atoms with Crippen molar-refractivity contribution in [3.63, 3.8) is 0 Å². The minimum atomic E-state index is -0.345. The van der Waals surface area contributed by atoms with Gasteiger partial charge in [-0.3, -0.25) is 14.6 Å². The molecule has 0 radical (unpaired) electrons. The second-order valence-corrected chi connectivity index (χ2v) is 8.14. The summed E-state index contributed by atoms with van der Waals surface area (Å²) in [6.45, 7) is 2.18. The van der Waals surface area contributed by atoms with E-state index in [4.69, 9.17) is 11.6 Å². The number of hydrogen-bond donors (Lipinski definition) is 2. The number of aromatic nitrogens is 1. The summed E-state index contributed by atoms with van der Waals surface area (Å²) in [5.41, 5.74) is 1.79. The highest BCUT2D eigenvalue weighted by atomic mass is 35.5. The summed E-state index contributed by atoms with van der Waals surface area (Å²) in [4.78, 5) is 30.2. The molecule has 1 aromatic heterocycles. The number of amides is 2. The van der Waals surface area contributed by atoms with Gasteiger partial charge in [0.05, 0.1) is 16.5 Å². The standard InChI is InChI=1S/C22H20ClN3O2S/c1-15(29-18-10-8-17(23)9-11-18)21(27)26-20-7-3-2-6-19(20)22(28)25-14-16-5-4-12-24-13-16/h2-13,15H,14H2,1H3,(H,25,28)(H,26,27)/t15-/m0/s1. The summed E-state index contributed by atoms with van der Waals surface area (Å²) in [6, 6.07) is 18.0. The van der Waals surface area contributed by atoms with Crippen molar-refractivity contribution in [2.75, 3.05) is 5.32 Å². The van der Waals surface area contributed by atoms with Crippen LogP contribution in [0.15, 0.2) is 78.0 Å². The minimum absolute atomic E-state index is 0.183. The van der Waals surface area contributed by atoms with Crippen molar-refractivity contribution < 1.29 is 9.59 Å². The van der Waals surface area contributed by atoms with Gasteiger partial charge in [-0.1, -0.05) is 29.8 Å². The van der Waals surface area contributed by atoms with E-state index < -0.39 is 0 Å². The number of thioether (sulfide) groups is 1. The van der Waals surface area contributed by atoms with E-state index in [1.165, 1.54) is 11.8 Å². The summed E-state index contributed by atoms with van der Waals surface area (Å²) in [5, 5.41) is 6.02. The molecule has 3 rings (SSSR count). The van der Waals surface area contributed by atoms with Crippen molar-refractivity contribution in [2.24, 2.45) is 0 Å². The maximum absolute atomic E-state index is 12.6. The normalized spacial score (nSPS) is 11.5. The van der Waals surface area contributed by atoms with Gasteiger partial charge in [0, 0.05) is 28.9 Å². The minimum Gasteiger partial charge on any atom is -0.348 e. The number of anilines is 1. The first-order valence-corrected chi connectivity index (χ1v) is 10.3. The average Bonchev–Trinajstić information content (AvgIpc) is 2.74. The van der Waals surface area contributed by atoms with Gasteiger partial charge in [-0.25, -0.2) is 0 Å². The molecule has 0 unspecified atom stereocenters. The van der Waals surface area contributed by atoms with Crippen LogP contribution in [-0.2, 0) is 11.3 Å². The lowest BCUT2D eigenvalue weighted by Gasteiger charge is -2.15. The molecule has 0 spiro atoms. The first kappa shape index (κ1) is 20.9. The molecular weight excluding hydrogens is 406 g/mol. The van der Waals surface area contributed by atoms with Crippen molar-refractivity contribution in [1.82, 2.24) is 10.3 Å². The molecule has 0 bridgehead atoms. The Balaban J connectivity index is 1.63. The second kappa shape index (κ2) is 10.1. The fourth-order valence-corrected chi connectivity index (χ4v) is 3.57. The van der Waals surface area contributed by atoms with Crippen LogP contribution >= 0.6 is 23.4 Å². The lowest BCUT2D eigenvalue weighted by atomic mass is 10.1. The number of pyridine rings is 1. The highest BCUT2D eigenvalue weighted by molar-refractivity contribution is 8.00. The zero-order valence-corrected chi connectivity index (χ0v) is 17.3. The monoisotopic (exact) mass is 425 g/mol. The molecule has 148 valence electrons. The lowest BCUT2D eigenvalue weighted by molar-refractivity contribution is -0.115. The fourth-order valence-electron chi connectivity index (χ4n) is 2.58. The number of carbonyl (C=O) groups is 2. The Hall–Kier alpha value is -2.83. The summed E-state index contributed by atoms with van der Waals surface area (Å²) >= 11 is 7.32. The summed E-state index contributed by atoms with van der Waals surface area (Å²) in [6.07, 6.45) is 3.38. The molecule has 3 aromatic rings. The van der Waals surface area contributed by atoms with Gasteiger partial charge in [-0.2, -0.15) is 0 Å². The molecule has 1 heterocycles. The lowest BCUT2D eigenvalue weighted by Crippen LogP contribution is -2.27. The third kappa shape index (κ3) is 6.07. The molecule has 0 fully saturated rings. The zero-order valence-electron chi connectivity index (χ0n) is 15.8. The van der Waals surface area contributed by atoms with E-state index in [1.807, 2.05) is 31.2 Å². The van der Waals surface area contributed by atoms with Gasteiger partial charge in [0.1, 0.15) is 0 Å². The number of carbonyl (C=O) groups excluding carboxylic acids is 2. The third-order valence-corrected chi connectivity index (χ3v) is 5.47. The average molecular weight is 426 g/mol. The van der Waals surface area contributed by atoms with E-state index in [-0.39, 0.29) is 17.1 Å². The van der Waals surface area contributed by atoms with Crippen LogP contribution in [0.2, 0.25) is 5.02 Å². The molecule has 2 N–H and O–H groups in total. The number of halogens is 1. The largest absolute Gasteiger partial charge is 0.348 e. The van der Waals surface area contributed by atoms with Gasteiger partial charge in [0.2, 0.25) is 5.91 Å². The van der Waals surface area contributed by atoms with Crippen LogP contribution in [-0.4, -0.2) is 22.0 Å². The summed E-state index contributed by atoms with van der Waals surface area (Å²) < 4.78 is 0. The fraction of sp³-hybridized carbons (Fsp3) is 0.136. The maximum atomic E-state index is 12.6. The smallest absolute Gasteiger partial charge is 0.253 e. The number of benzene rings is 2. The first-order chi connectivity index (χ1) is 14.0. The third-order valence-electron chi connectivity index (χ3n) is 4.10. The van der Waals surface area contributed by atoms with Crippen LogP contribution in [0.3, 0.4) is 0 Å². The van der Waals surface area contributed by atoms with Crippen LogP contribution in [0.25, 0.3) is 0 Å². The zero-order chi connectivity index (χ0) is 20.6. The van der Waals surface area contributed by atoms with Crippen LogP contribution in [0.5, 0.6) is 0 Å². The van der Waals surface area contributed by atoms with Crippen molar-refractivity contribution in [3.8, 4) is 0 Å². The molecule has 0 saturated heterocycles. The molecule has 0 saturated carbocycles. The highest BCUT2D eigenvalue weighted by Crippen LogP contribution is 2.26.